The number of methoxy groups -OCH3 is 1. The van der Waals surface area contributed by atoms with E-state index in [0.29, 0.717) is 19.6 Å². The fourth-order valence-electron chi connectivity index (χ4n) is 2.85. The van der Waals surface area contributed by atoms with Crippen LogP contribution >= 0.6 is 0 Å². The maximum Gasteiger partial charge on any atom is 0.318 e. The van der Waals surface area contributed by atoms with Gasteiger partial charge in [0, 0.05) is 26.7 Å². The molecule has 6 heteroatoms. The van der Waals surface area contributed by atoms with E-state index in [1.165, 1.54) is 0 Å². The van der Waals surface area contributed by atoms with Gasteiger partial charge in [-0.2, -0.15) is 0 Å². The van der Waals surface area contributed by atoms with Crippen molar-refractivity contribution in [2.75, 3.05) is 27.2 Å². The Hall–Kier alpha value is -2.24. The summed E-state index contributed by atoms with van der Waals surface area (Å²) >= 11 is 0. The van der Waals surface area contributed by atoms with Gasteiger partial charge in [-0.3, -0.25) is 4.79 Å². The van der Waals surface area contributed by atoms with E-state index >= 15 is 0 Å². The van der Waals surface area contributed by atoms with E-state index < -0.39 is 0 Å². The van der Waals surface area contributed by atoms with Crippen molar-refractivity contribution in [2.45, 2.75) is 38.8 Å². The Bertz CT molecular complexity index is 559. The molecule has 1 N–H and O–H groups in total. The molecular weight excluding hydrogens is 306 g/mol. The molecule has 1 aliphatic heterocycles. The molecule has 1 aliphatic rings. The van der Waals surface area contributed by atoms with E-state index in [4.69, 9.17) is 4.74 Å². The highest BCUT2D eigenvalue weighted by Crippen LogP contribution is 2.17. The lowest BCUT2D eigenvalue weighted by atomic mass is 10.0. The molecule has 1 aromatic carbocycles. The molecule has 3 amide bonds. The van der Waals surface area contributed by atoms with Gasteiger partial charge >= 0.3 is 6.03 Å². The van der Waals surface area contributed by atoms with E-state index in [1.54, 1.807) is 24.0 Å². The van der Waals surface area contributed by atoms with Gasteiger partial charge in [0.25, 0.3) is 0 Å². The van der Waals surface area contributed by atoms with Gasteiger partial charge in [0.05, 0.1) is 7.11 Å². The second-order valence-corrected chi connectivity index (χ2v) is 6.12. The van der Waals surface area contributed by atoms with Crippen molar-refractivity contribution in [1.29, 1.82) is 0 Å². The van der Waals surface area contributed by atoms with E-state index in [-0.39, 0.29) is 18.0 Å². The number of rotatable bonds is 6. The first-order chi connectivity index (χ1) is 11.6. The van der Waals surface area contributed by atoms with Crippen molar-refractivity contribution in [2.24, 2.45) is 0 Å². The zero-order valence-corrected chi connectivity index (χ0v) is 14.7. The maximum absolute atomic E-state index is 12.5. The standard InChI is InChI=1S/C18H27N3O3/c1-4-5-6-16-17(22)20(2)11-12-21(16)18(23)19-13-14-7-9-15(24-3)10-8-14/h7-10,16H,4-6,11-13H2,1-3H3,(H,19,23)/t16-/m0/s1. The zero-order chi connectivity index (χ0) is 17.5. The smallest absolute Gasteiger partial charge is 0.318 e. The fraction of sp³-hybridized carbons (Fsp3) is 0.556. The number of urea groups is 1. The number of likely N-dealkylation sites (N-methyl/N-ethyl adjacent to an activating group) is 1. The Kier molecular flexibility index (Phi) is 6.46. The topological polar surface area (TPSA) is 61.9 Å². The number of carbonyl (C=O) groups excluding carboxylic acids is 2. The van der Waals surface area contributed by atoms with Crippen LogP contribution in [0.3, 0.4) is 0 Å². The van der Waals surface area contributed by atoms with Gasteiger partial charge in [-0.1, -0.05) is 31.9 Å². The predicted molar refractivity (Wildman–Crippen MR) is 92.9 cm³/mol. The number of hydrogen-bond acceptors (Lipinski definition) is 3. The maximum atomic E-state index is 12.5. The average molecular weight is 333 g/mol. The highest BCUT2D eigenvalue weighted by Gasteiger charge is 2.35. The molecule has 2 rings (SSSR count). The average Bonchev–Trinajstić information content (AvgIpc) is 2.61. The second-order valence-electron chi connectivity index (χ2n) is 6.12. The number of benzene rings is 1. The molecule has 0 radical (unpaired) electrons. The molecule has 1 heterocycles. The van der Waals surface area contributed by atoms with Gasteiger partial charge < -0.3 is 19.9 Å². The van der Waals surface area contributed by atoms with Crippen LogP contribution in [-0.2, 0) is 11.3 Å². The molecule has 24 heavy (non-hydrogen) atoms. The van der Waals surface area contributed by atoms with Crippen molar-refractivity contribution in [3.05, 3.63) is 29.8 Å². The Morgan fingerprint density at radius 1 is 1.29 bits per heavy atom. The van der Waals surface area contributed by atoms with Crippen molar-refractivity contribution in [3.63, 3.8) is 0 Å². The minimum atomic E-state index is -0.348. The monoisotopic (exact) mass is 333 g/mol. The minimum absolute atomic E-state index is 0.0364. The van der Waals surface area contributed by atoms with E-state index in [1.807, 2.05) is 24.3 Å². The molecule has 0 unspecified atom stereocenters. The van der Waals surface area contributed by atoms with Crippen LogP contribution in [0.1, 0.15) is 31.7 Å². The summed E-state index contributed by atoms with van der Waals surface area (Å²) in [5.41, 5.74) is 0.995. The van der Waals surface area contributed by atoms with Crippen LogP contribution in [0.25, 0.3) is 0 Å². The van der Waals surface area contributed by atoms with Crippen molar-refractivity contribution in [3.8, 4) is 5.75 Å². The van der Waals surface area contributed by atoms with Crippen molar-refractivity contribution in [1.82, 2.24) is 15.1 Å². The van der Waals surface area contributed by atoms with Gasteiger partial charge in [-0.05, 0) is 24.1 Å². The van der Waals surface area contributed by atoms with Gasteiger partial charge in [-0.15, -0.1) is 0 Å². The number of hydrogen-bond donors (Lipinski definition) is 1. The molecule has 0 saturated carbocycles. The van der Waals surface area contributed by atoms with E-state index in [0.717, 1.165) is 30.6 Å². The summed E-state index contributed by atoms with van der Waals surface area (Å²) in [7, 11) is 3.42. The molecule has 0 bridgehead atoms. The normalized spacial score (nSPS) is 17.8. The summed E-state index contributed by atoms with van der Waals surface area (Å²) in [5, 5.41) is 2.92. The number of nitrogens with zero attached hydrogens (tertiary/aromatic N) is 2. The highest BCUT2D eigenvalue weighted by atomic mass is 16.5. The molecule has 6 nitrogen and oxygen atoms in total. The third-order valence-corrected chi connectivity index (χ3v) is 4.41. The number of unbranched alkanes of at least 4 members (excludes halogenated alkanes) is 1. The lowest BCUT2D eigenvalue weighted by Gasteiger charge is -2.39. The van der Waals surface area contributed by atoms with E-state index in [2.05, 4.69) is 12.2 Å². The summed E-state index contributed by atoms with van der Waals surface area (Å²) in [6.45, 7) is 3.68. The predicted octanol–water partition coefficient (Wildman–Crippen LogP) is 2.24. The quantitative estimate of drug-likeness (QED) is 0.868. The van der Waals surface area contributed by atoms with Crippen molar-refractivity contribution < 1.29 is 14.3 Å². The summed E-state index contributed by atoms with van der Waals surface area (Å²) in [6.07, 6.45) is 2.66. The zero-order valence-electron chi connectivity index (χ0n) is 14.7. The van der Waals surface area contributed by atoms with Gasteiger partial charge in [0.2, 0.25) is 5.91 Å². The molecule has 0 aliphatic carbocycles. The van der Waals surface area contributed by atoms with Crippen LogP contribution in [0.2, 0.25) is 0 Å². The van der Waals surface area contributed by atoms with Crippen LogP contribution in [-0.4, -0.2) is 55.0 Å². The first kappa shape index (κ1) is 18.1. The SMILES string of the molecule is CCCC[C@H]1C(=O)N(C)CCN1C(=O)NCc1ccc(OC)cc1. The third-order valence-electron chi connectivity index (χ3n) is 4.41. The first-order valence-corrected chi connectivity index (χ1v) is 8.49. The van der Waals surface area contributed by atoms with Crippen LogP contribution < -0.4 is 10.1 Å². The molecule has 0 spiro atoms. The molecule has 1 atom stereocenters. The van der Waals surface area contributed by atoms with Crippen molar-refractivity contribution >= 4 is 11.9 Å². The Morgan fingerprint density at radius 2 is 2.00 bits per heavy atom. The Morgan fingerprint density at radius 3 is 2.62 bits per heavy atom. The van der Waals surface area contributed by atoms with Crippen LogP contribution in [0.15, 0.2) is 24.3 Å². The number of carbonyl (C=O) groups is 2. The van der Waals surface area contributed by atoms with Crippen LogP contribution in [0, 0.1) is 0 Å². The molecule has 1 fully saturated rings. The summed E-state index contributed by atoms with van der Waals surface area (Å²) in [5.74, 6) is 0.823. The third kappa shape index (κ3) is 4.40. The molecule has 1 aromatic rings. The van der Waals surface area contributed by atoms with Crippen LogP contribution in [0.5, 0.6) is 5.75 Å². The Labute approximate surface area is 143 Å². The highest BCUT2D eigenvalue weighted by molar-refractivity contribution is 5.88. The molecule has 132 valence electrons. The number of piperazine rings is 1. The van der Waals surface area contributed by atoms with Gasteiger partial charge in [0.15, 0.2) is 0 Å². The molecule has 0 aromatic heterocycles. The lowest BCUT2D eigenvalue weighted by Crippen LogP contribution is -2.59. The van der Waals surface area contributed by atoms with Crippen LogP contribution in [0.4, 0.5) is 4.79 Å². The summed E-state index contributed by atoms with van der Waals surface area (Å²) < 4.78 is 5.13. The molecular formula is C18H27N3O3. The number of ether oxygens (including phenoxy) is 1. The number of nitrogens with one attached hydrogen (secondary N) is 1. The number of amides is 3. The van der Waals surface area contributed by atoms with E-state index in [9.17, 15) is 9.59 Å². The van der Waals surface area contributed by atoms with Gasteiger partial charge in [0.1, 0.15) is 11.8 Å². The van der Waals surface area contributed by atoms with Gasteiger partial charge in [-0.25, -0.2) is 4.79 Å². The summed E-state index contributed by atoms with van der Waals surface area (Å²) in [6, 6.07) is 7.05. The second kappa shape index (κ2) is 8.57. The fourth-order valence-corrected chi connectivity index (χ4v) is 2.85. The largest absolute Gasteiger partial charge is 0.497 e. The minimum Gasteiger partial charge on any atom is -0.497 e. The first-order valence-electron chi connectivity index (χ1n) is 8.49. The molecule has 1 saturated heterocycles. The summed E-state index contributed by atoms with van der Waals surface area (Å²) in [4.78, 5) is 28.3. The lowest BCUT2D eigenvalue weighted by molar-refractivity contribution is -0.138. The Balaban J connectivity index is 1.96.